The van der Waals surface area contributed by atoms with Crippen LogP contribution in [0.1, 0.15) is 147 Å². The summed E-state index contributed by atoms with van der Waals surface area (Å²) in [5.41, 5.74) is 7.05. The van der Waals surface area contributed by atoms with Crippen LogP contribution in [-0.4, -0.2) is 29.0 Å². The smallest absolute Gasteiger partial charge is 0.0710 e. The lowest BCUT2D eigenvalue weighted by Crippen LogP contribution is -2.40. The summed E-state index contributed by atoms with van der Waals surface area (Å²) in [6.07, 6.45) is 16.8. The summed E-state index contributed by atoms with van der Waals surface area (Å²) >= 11 is 0. The van der Waals surface area contributed by atoms with Crippen LogP contribution in [0.3, 0.4) is 0 Å². The molecule has 2 nitrogen and oxygen atoms in total. The van der Waals surface area contributed by atoms with Gasteiger partial charge in [-0.1, -0.05) is 87.0 Å². The average Bonchev–Trinajstić information content (AvgIpc) is 2.91. The molecule has 2 heteroatoms. The number of aromatic nitrogens is 1. The van der Waals surface area contributed by atoms with E-state index in [9.17, 15) is 0 Å². The number of likely N-dealkylation sites (tertiary alicyclic amines) is 1. The van der Waals surface area contributed by atoms with Gasteiger partial charge in [-0.05, 0) is 112 Å². The van der Waals surface area contributed by atoms with E-state index in [1.54, 1.807) is 5.56 Å². The number of unbranched alkanes of at least 4 members (excludes halogenated alkanes) is 2. The second-order valence-corrected chi connectivity index (χ2v) is 11.8. The third-order valence-electron chi connectivity index (χ3n) is 8.78. The number of hydrogen-bond donors (Lipinski definition) is 0. The van der Waals surface area contributed by atoms with Crippen LogP contribution in [0.4, 0.5) is 0 Å². The van der Waals surface area contributed by atoms with Gasteiger partial charge in [0, 0.05) is 17.1 Å². The molecule has 0 saturated carbocycles. The van der Waals surface area contributed by atoms with E-state index in [1.807, 2.05) is 0 Å². The number of benzene rings is 1. The standard InChI is InChI=1S/C28H44N2.C7H16/c1-6-10-11-13-24-20-28-27(19-22(24)8-3)26(18-21(5)29-28)23-14-16-30(17-15-23)25(9-4)12-7-2;1-4-6-7(3)5-2/h18-20,23,25H,6-17H2,1-5H3;7H,4-6H2,1-3H3. The number of aryl methyl sites for hydroxylation is 3. The van der Waals surface area contributed by atoms with Crippen molar-refractivity contribution in [3.63, 3.8) is 0 Å². The van der Waals surface area contributed by atoms with Gasteiger partial charge < -0.3 is 4.90 Å². The van der Waals surface area contributed by atoms with Crippen molar-refractivity contribution in [3.05, 3.63) is 40.6 Å². The Morgan fingerprint density at radius 1 is 0.838 bits per heavy atom. The Hall–Kier alpha value is -1.41. The van der Waals surface area contributed by atoms with E-state index in [0.29, 0.717) is 5.92 Å². The molecule has 0 bridgehead atoms. The highest BCUT2D eigenvalue weighted by molar-refractivity contribution is 5.84. The molecule has 1 saturated heterocycles. The van der Waals surface area contributed by atoms with Crippen LogP contribution in [0, 0.1) is 12.8 Å². The molecule has 2 aromatic rings. The van der Waals surface area contributed by atoms with Gasteiger partial charge in [0.1, 0.15) is 0 Å². The van der Waals surface area contributed by atoms with Crippen molar-refractivity contribution in [1.82, 2.24) is 9.88 Å². The van der Waals surface area contributed by atoms with Crippen LogP contribution in [0.15, 0.2) is 18.2 Å². The molecule has 1 aliphatic heterocycles. The molecule has 3 rings (SSSR count). The number of pyridine rings is 1. The summed E-state index contributed by atoms with van der Waals surface area (Å²) < 4.78 is 0. The zero-order chi connectivity index (χ0) is 27.2. The molecule has 2 atom stereocenters. The second kappa shape index (κ2) is 17.2. The molecule has 1 fully saturated rings. The first-order valence-corrected chi connectivity index (χ1v) is 16.1. The minimum atomic E-state index is 0.681. The molecule has 37 heavy (non-hydrogen) atoms. The van der Waals surface area contributed by atoms with Crippen molar-refractivity contribution in [2.45, 2.75) is 151 Å². The minimum absolute atomic E-state index is 0.681. The summed E-state index contributed by atoms with van der Waals surface area (Å²) in [6, 6.07) is 8.09. The predicted molar refractivity (Wildman–Crippen MR) is 166 cm³/mol. The van der Waals surface area contributed by atoms with Gasteiger partial charge in [-0.3, -0.25) is 4.98 Å². The van der Waals surface area contributed by atoms with E-state index in [1.165, 1.54) is 118 Å². The Morgan fingerprint density at radius 2 is 1.54 bits per heavy atom. The van der Waals surface area contributed by atoms with Crippen molar-refractivity contribution < 1.29 is 0 Å². The maximum atomic E-state index is 4.97. The summed E-state index contributed by atoms with van der Waals surface area (Å²) in [7, 11) is 0. The summed E-state index contributed by atoms with van der Waals surface area (Å²) in [5, 5.41) is 1.43. The Kier molecular flexibility index (Phi) is 14.8. The van der Waals surface area contributed by atoms with Gasteiger partial charge in [0.2, 0.25) is 0 Å². The van der Waals surface area contributed by atoms with Gasteiger partial charge in [-0.25, -0.2) is 0 Å². The zero-order valence-electron chi connectivity index (χ0n) is 26.0. The number of rotatable bonds is 13. The second-order valence-electron chi connectivity index (χ2n) is 11.8. The molecule has 1 aromatic heterocycles. The lowest BCUT2D eigenvalue weighted by Gasteiger charge is -2.37. The van der Waals surface area contributed by atoms with Gasteiger partial charge in [0.15, 0.2) is 0 Å². The van der Waals surface area contributed by atoms with Gasteiger partial charge in [0.05, 0.1) is 5.52 Å². The largest absolute Gasteiger partial charge is 0.300 e. The lowest BCUT2D eigenvalue weighted by molar-refractivity contribution is 0.140. The third-order valence-corrected chi connectivity index (χ3v) is 8.78. The van der Waals surface area contributed by atoms with E-state index < -0.39 is 0 Å². The van der Waals surface area contributed by atoms with Gasteiger partial charge >= 0.3 is 0 Å². The Labute approximate surface area is 231 Å². The molecular formula is C35H60N2. The van der Waals surface area contributed by atoms with E-state index in [4.69, 9.17) is 4.98 Å². The van der Waals surface area contributed by atoms with E-state index in [2.05, 4.69) is 78.5 Å². The fourth-order valence-corrected chi connectivity index (χ4v) is 6.24. The quantitative estimate of drug-likeness (QED) is 0.250. The fraction of sp³-hybridized carbons (Fsp3) is 0.743. The number of hydrogen-bond acceptors (Lipinski definition) is 2. The van der Waals surface area contributed by atoms with Crippen molar-refractivity contribution in [2.75, 3.05) is 13.1 Å². The maximum absolute atomic E-state index is 4.97. The van der Waals surface area contributed by atoms with Crippen LogP contribution in [0.25, 0.3) is 10.9 Å². The van der Waals surface area contributed by atoms with Crippen molar-refractivity contribution in [2.24, 2.45) is 5.92 Å². The van der Waals surface area contributed by atoms with Crippen LogP contribution < -0.4 is 0 Å². The van der Waals surface area contributed by atoms with Crippen molar-refractivity contribution >= 4 is 10.9 Å². The molecule has 0 spiro atoms. The molecule has 0 aliphatic carbocycles. The molecule has 2 unspecified atom stereocenters. The Balaban J connectivity index is 0.000000604. The van der Waals surface area contributed by atoms with Crippen LogP contribution in [0.2, 0.25) is 0 Å². The first-order valence-electron chi connectivity index (χ1n) is 16.1. The zero-order valence-corrected chi connectivity index (χ0v) is 26.0. The molecular weight excluding hydrogens is 448 g/mol. The number of nitrogens with zero attached hydrogens (tertiary/aromatic N) is 2. The molecule has 1 aliphatic rings. The molecule has 210 valence electrons. The van der Waals surface area contributed by atoms with E-state index in [-0.39, 0.29) is 0 Å². The normalized spacial score (nSPS) is 16.4. The lowest BCUT2D eigenvalue weighted by atomic mass is 9.85. The summed E-state index contributed by atoms with van der Waals surface area (Å²) in [4.78, 5) is 7.73. The summed E-state index contributed by atoms with van der Waals surface area (Å²) in [6.45, 7) is 20.8. The number of piperidine rings is 1. The van der Waals surface area contributed by atoms with Crippen LogP contribution >= 0.6 is 0 Å². The van der Waals surface area contributed by atoms with Crippen molar-refractivity contribution in [3.8, 4) is 0 Å². The highest BCUT2D eigenvalue weighted by atomic mass is 15.2. The topological polar surface area (TPSA) is 16.1 Å². The predicted octanol–water partition coefficient (Wildman–Crippen LogP) is 10.4. The maximum Gasteiger partial charge on any atom is 0.0710 e. The molecule has 0 N–H and O–H groups in total. The molecule has 1 aromatic carbocycles. The minimum Gasteiger partial charge on any atom is -0.300 e. The molecule has 0 amide bonds. The SMILES string of the molecule is CCCC(C)CC.CCCCCc1cc2nc(C)cc(C3CCN(C(CC)CCC)CC3)c2cc1CC. The fourth-order valence-electron chi connectivity index (χ4n) is 6.24. The first-order chi connectivity index (χ1) is 17.9. The van der Waals surface area contributed by atoms with Crippen LogP contribution in [0.5, 0.6) is 0 Å². The van der Waals surface area contributed by atoms with E-state index in [0.717, 1.165) is 18.4 Å². The van der Waals surface area contributed by atoms with Gasteiger partial charge in [-0.15, -0.1) is 0 Å². The van der Waals surface area contributed by atoms with Crippen LogP contribution in [-0.2, 0) is 12.8 Å². The van der Waals surface area contributed by atoms with Crippen molar-refractivity contribution in [1.29, 1.82) is 0 Å². The highest BCUT2D eigenvalue weighted by Gasteiger charge is 2.26. The number of fused-ring (bicyclic) bond motifs is 1. The summed E-state index contributed by atoms with van der Waals surface area (Å²) in [5.74, 6) is 1.63. The Morgan fingerprint density at radius 3 is 2.08 bits per heavy atom. The highest BCUT2D eigenvalue weighted by Crippen LogP contribution is 2.35. The van der Waals surface area contributed by atoms with Gasteiger partial charge in [0.25, 0.3) is 0 Å². The monoisotopic (exact) mass is 508 g/mol. The average molecular weight is 509 g/mol. The van der Waals surface area contributed by atoms with Gasteiger partial charge in [-0.2, -0.15) is 0 Å². The molecule has 2 heterocycles. The van der Waals surface area contributed by atoms with E-state index >= 15 is 0 Å². The molecule has 0 radical (unpaired) electrons. The third kappa shape index (κ3) is 9.68. The Bertz CT molecular complexity index is 894. The first kappa shape index (κ1) is 31.8.